The summed E-state index contributed by atoms with van der Waals surface area (Å²) in [6.45, 7) is 4.15. The van der Waals surface area contributed by atoms with Crippen molar-refractivity contribution in [3.63, 3.8) is 0 Å². The SMILES string of the molecule is Cc1c2ccncc2cc2c3cc(OCC4CCCN4C)ccc3n(C)c12. The number of fused-ring (bicyclic) bond motifs is 4. The molecule has 2 aromatic carbocycles. The van der Waals surface area contributed by atoms with E-state index < -0.39 is 0 Å². The molecule has 1 saturated heterocycles. The van der Waals surface area contributed by atoms with Crippen LogP contribution in [0, 0.1) is 6.92 Å². The molecule has 138 valence electrons. The predicted octanol–water partition coefficient (Wildman–Crippen LogP) is 4.66. The molecule has 1 aliphatic rings. The van der Waals surface area contributed by atoms with E-state index in [1.54, 1.807) is 0 Å². The lowest BCUT2D eigenvalue weighted by atomic mass is 10.0. The minimum absolute atomic E-state index is 0.533. The molecule has 1 fully saturated rings. The number of benzene rings is 2. The summed E-state index contributed by atoms with van der Waals surface area (Å²) in [5.41, 5.74) is 3.83. The average molecular weight is 359 g/mol. The molecular weight excluding hydrogens is 334 g/mol. The Labute approximate surface area is 159 Å². The van der Waals surface area contributed by atoms with E-state index in [9.17, 15) is 0 Å². The molecule has 0 bridgehead atoms. The average Bonchev–Trinajstić information content (AvgIpc) is 3.21. The quantitative estimate of drug-likeness (QED) is 0.533. The Hall–Kier alpha value is -2.59. The Balaban J connectivity index is 1.62. The molecular formula is C23H25N3O. The molecule has 0 saturated carbocycles. The van der Waals surface area contributed by atoms with Crippen molar-refractivity contribution in [3.8, 4) is 5.75 Å². The Morgan fingerprint density at radius 3 is 2.81 bits per heavy atom. The molecule has 1 unspecified atom stereocenters. The Morgan fingerprint density at radius 1 is 1.11 bits per heavy atom. The van der Waals surface area contributed by atoms with E-state index >= 15 is 0 Å². The highest BCUT2D eigenvalue weighted by Gasteiger charge is 2.21. The van der Waals surface area contributed by atoms with Gasteiger partial charge < -0.3 is 14.2 Å². The number of nitrogens with zero attached hydrogens (tertiary/aromatic N) is 3. The molecule has 5 rings (SSSR count). The van der Waals surface area contributed by atoms with Crippen LogP contribution in [0.1, 0.15) is 18.4 Å². The molecule has 0 N–H and O–H groups in total. The first-order chi connectivity index (χ1) is 13.1. The van der Waals surface area contributed by atoms with Crippen LogP contribution in [0.2, 0.25) is 0 Å². The monoisotopic (exact) mass is 359 g/mol. The zero-order valence-electron chi connectivity index (χ0n) is 16.2. The van der Waals surface area contributed by atoms with E-state index in [1.807, 2.05) is 12.4 Å². The Morgan fingerprint density at radius 2 is 2.00 bits per heavy atom. The van der Waals surface area contributed by atoms with Crippen LogP contribution in [0.15, 0.2) is 42.7 Å². The van der Waals surface area contributed by atoms with Gasteiger partial charge in [0, 0.05) is 47.2 Å². The van der Waals surface area contributed by atoms with Gasteiger partial charge in [0.1, 0.15) is 12.4 Å². The number of pyridine rings is 1. The van der Waals surface area contributed by atoms with Crippen LogP contribution in [0.3, 0.4) is 0 Å². The van der Waals surface area contributed by atoms with Gasteiger partial charge in [-0.2, -0.15) is 0 Å². The molecule has 0 amide bonds. The van der Waals surface area contributed by atoms with Crippen LogP contribution in [0.4, 0.5) is 0 Å². The number of likely N-dealkylation sites (N-methyl/N-ethyl adjacent to an activating group) is 1. The minimum atomic E-state index is 0.533. The normalized spacial score (nSPS) is 18.1. The molecule has 1 aliphatic heterocycles. The van der Waals surface area contributed by atoms with Crippen molar-refractivity contribution >= 4 is 32.6 Å². The summed E-state index contributed by atoms with van der Waals surface area (Å²) in [5.74, 6) is 0.958. The molecule has 2 aromatic heterocycles. The van der Waals surface area contributed by atoms with Crippen molar-refractivity contribution < 1.29 is 4.74 Å². The van der Waals surface area contributed by atoms with Gasteiger partial charge in [-0.3, -0.25) is 4.98 Å². The number of hydrogen-bond donors (Lipinski definition) is 0. The Kier molecular flexibility index (Phi) is 3.83. The fourth-order valence-electron chi connectivity index (χ4n) is 4.67. The van der Waals surface area contributed by atoms with Crippen LogP contribution < -0.4 is 4.74 Å². The smallest absolute Gasteiger partial charge is 0.120 e. The van der Waals surface area contributed by atoms with Gasteiger partial charge in [-0.1, -0.05) is 0 Å². The van der Waals surface area contributed by atoms with E-state index in [0.717, 1.165) is 12.4 Å². The molecule has 1 atom stereocenters. The summed E-state index contributed by atoms with van der Waals surface area (Å²) in [6, 6.07) is 11.4. The lowest BCUT2D eigenvalue weighted by molar-refractivity contribution is 0.198. The van der Waals surface area contributed by atoms with E-state index in [2.05, 4.69) is 65.8 Å². The lowest BCUT2D eigenvalue weighted by Gasteiger charge is -2.19. The molecule has 0 aliphatic carbocycles. The second kappa shape index (κ2) is 6.24. The maximum atomic E-state index is 6.18. The molecule has 0 spiro atoms. The van der Waals surface area contributed by atoms with Gasteiger partial charge in [-0.25, -0.2) is 0 Å². The maximum absolute atomic E-state index is 6.18. The van der Waals surface area contributed by atoms with E-state index in [0.29, 0.717) is 6.04 Å². The summed E-state index contributed by atoms with van der Waals surface area (Å²) in [7, 11) is 4.34. The van der Waals surface area contributed by atoms with Gasteiger partial charge in [-0.05, 0) is 74.6 Å². The van der Waals surface area contributed by atoms with Crippen molar-refractivity contribution in [1.82, 2.24) is 14.5 Å². The van der Waals surface area contributed by atoms with E-state index in [-0.39, 0.29) is 0 Å². The molecule has 27 heavy (non-hydrogen) atoms. The maximum Gasteiger partial charge on any atom is 0.120 e. The van der Waals surface area contributed by atoms with Crippen LogP contribution in [-0.4, -0.2) is 40.7 Å². The second-order valence-electron chi connectivity index (χ2n) is 7.82. The highest BCUT2D eigenvalue weighted by atomic mass is 16.5. The summed E-state index contributed by atoms with van der Waals surface area (Å²) >= 11 is 0. The fraction of sp³-hybridized carbons (Fsp3) is 0.348. The summed E-state index contributed by atoms with van der Waals surface area (Å²) in [4.78, 5) is 6.71. The lowest BCUT2D eigenvalue weighted by Crippen LogP contribution is -2.30. The number of ether oxygens (including phenoxy) is 1. The third-order valence-corrected chi connectivity index (χ3v) is 6.23. The van der Waals surface area contributed by atoms with Crippen molar-refractivity contribution in [2.45, 2.75) is 25.8 Å². The zero-order chi connectivity index (χ0) is 18.5. The highest BCUT2D eigenvalue weighted by molar-refractivity contribution is 6.14. The van der Waals surface area contributed by atoms with Gasteiger partial charge >= 0.3 is 0 Å². The second-order valence-corrected chi connectivity index (χ2v) is 7.82. The van der Waals surface area contributed by atoms with Crippen molar-refractivity contribution in [1.29, 1.82) is 0 Å². The zero-order valence-corrected chi connectivity index (χ0v) is 16.2. The van der Waals surface area contributed by atoms with E-state index in [1.165, 1.54) is 57.5 Å². The van der Waals surface area contributed by atoms with Crippen LogP contribution in [-0.2, 0) is 7.05 Å². The highest BCUT2D eigenvalue weighted by Crippen LogP contribution is 2.36. The third kappa shape index (κ3) is 2.59. The number of aromatic nitrogens is 2. The third-order valence-electron chi connectivity index (χ3n) is 6.23. The number of rotatable bonds is 3. The molecule has 3 heterocycles. The van der Waals surface area contributed by atoms with Crippen LogP contribution in [0.25, 0.3) is 32.6 Å². The predicted molar refractivity (Wildman–Crippen MR) is 112 cm³/mol. The summed E-state index contributed by atoms with van der Waals surface area (Å²) in [5, 5.41) is 4.98. The fourth-order valence-corrected chi connectivity index (χ4v) is 4.67. The topological polar surface area (TPSA) is 30.3 Å². The number of hydrogen-bond acceptors (Lipinski definition) is 3. The molecule has 4 nitrogen and oxygen atoms in total. The van der Waals surface area contributed by atoms with Crippen molar-refractivity contribution in [2.75, 3.05) is 20.2 Å². The first-order valence-corrected chi connectivity index (χ1v) is 9.72. The van der Waals surface area contributed by atoms with Gasteiger partial charge in [0.25, 0.3) is 0 Å². The van der Waals surface area contributed by atoms with Crippen LogP contribution in [0.5, 0.6) is 5.75 Å². The molecule has 4 heteroatoms. The first kappa shape index (κ1) is 16.6. The largest absolute Gasteiger partial charge is 0.492 e. The molecule has 4 aromatic rings. The molecule has 0 radical (unpaired) electrons. The standard InChI is InChI=1S/C23H25N3O/c1-15-19-8-9-24-13-16(19)11-21-20-12-18(6-7-22(20)26(3)23(15)21)27-14-17-5-4-10-25(17)2/h6-9,11-13,17H,4-5,10,14H2,1-3H3. The summed E-state index contributed by atoms with van der Waals surface area (Å²) < 4.78 is 8.48. The van der Waals surface area contributed by atoms with Gasteiger partial charge in [0.15, 0.2) is 0 Å². The minimum Gasteiger partial charge on any atom is -0.492 e. The van der Waals surface area contributed by atoms with Crippen LogP contribution >= 0.6 is 0 Å². The van der Waals surface area contributed by atoms with E-state index in [4.69, 9.17) is 4.74 Å². The first-order valence-electron chi connectivity index (χ1n) is 9.72. The summed E-state index contributed by atoms with van der Waals surface area (Å²) in [6.07, 6.45) is 6.32. The van der Waals surface area contributed by atoms with Gasteiger partial charge in [0.2, 0.25) is 0 Å². The van der Waals surface area contributed by atoms with Crippen molar-refractivity contribution in [3.05, 3.63) is 48.3 Å². The van der Waals surface area contributed by atoms with Crippen molar-refractivity contribution in [2.24, 2.45) is 7.05 Å². The van der Waals surface area contributed by atoms with Gasteiger partial charge in [0.05, 0.1) is 5.52 Å². The van der Waals surface area contributed by atoms with Gasteiger partial charge in [-0.15, -0.1) is 0 Å². The Bertz CT molecular complexity index is 1160. The number of likely N-dealkylation sites (tertiary alicyclic amines) is 1. The number of aryl methyl sites for hydroxylation is 2.